The molecular weight excluding hydrogens is 428 g/mol. The van der Waals surface area contributed by atoms with Gasteiger partial charge < -0.3 is 15.6 Å². The Labute approximate surface area is 198 Å². The molecule has 174 valence electrons. The number of hydrogen-bond acceptors (Lipinski definition) is 4. The molecule has 7 heteroatoms. The summed E-state index contributed by atoms with van der Waals surface area (Å²) in [6, 6.07) is 19.5. The standard InChI is InChI=1S/C27H28N4O3/c1-16(2)31-24-10-9-19(18-5-4-6-21(12-18)27(28)29)13-22(24)23(30-31)15-34-25-11-17(3)7-8-20(25)14-26(32)33/h4-13,16H,14-15H2,1-3H3,(H3,28,29)(H,32,33). The number of ether oxygens (including phenoxy) is 1. The second kappa shape index (κ2) is 9.39. The van der Waals surface area contributed by atoms with Crippen molar-refractivity contribution < 1.29 is 14.6 Å². The molecular formula is C27H28N4O3. The first-order valence-electron chi connectivity index (χ1n) is 11.1. The van der Waals surface area contributed by atoms with Crippen molar-refractivity contribution in [2.75, 3.05) is 0 Å². The van der Waals surface area contributed by atoms with Gasteiger partial charge in [0, 0.05) is 22.6 Å². The molecule has 0 aliphatic heterocycles. The number of aliphatic carboxylic acids is 1. The quantitative estimate of drug-likeness (QED) is 0.253. The highest BCUT2D eigenvalue weighted by Gasteiger charge is 2.16. The lowest BCUT2D eigenvalue weighted by Gasteiger charge is -2.11. The molecule has 0 amide bonds. The Kier molecular flexibility index (Phi) is 6.36. The predicted octanol–water partition coefficient (Wildman–Crippen LogP) is 5.08. The number of benzene rings is 3. The van der Waals surface area contributed by atoms with E-state index in [0.717, 1.165) is 33.3 Å². The van der Waals surface area contributed by atoms with Crippen molar-refractivity contribution in [3.05, 3.63) is 83.0 Å². The van der Waals surface area contributed by atoms with Crippen molar-refractivity contribution in [1.82, 2.24) is 9.78 Å². The van der Waals surface area contributed by atoms with E-state index in [9.17, 15) is 9.90 Å². The minimum absolute atomic E-state index is 0.0277. The lowest BCUT2D eigenvalue weighted by molar-refractivity contribution is -0.136. The molecule has 0 saturated heterocycles. The highest BCUT2D eigenvalue weighted by molar-refractivity contribution is 5.96. The largest absolute Gasteiger partial charge is 0.487 e. The van der Waals surface area contributed by atoms with Gasteiger partial charge in [0.25, 0.3) is 0 Å². The van der Waals surface area contributed by atoms with Crippen LogP contribution in [0.2, 0.25) is 0 Å². The molecule has 0 radical (unpaired) electrons. The molecule has 0 unspecified atom stereocenters. The van der Waals surface area contributed by atoms with Gasteiger partial charge in [-0.05, 0) is 61.7 Å². The van der Waals surface area contributed by atoms with E-state index >= 15 is 0 Å². The molecule has 7 nitrogen and oxygen atoms in total. The molecule has 4 aromatic rings. The zero-order valence-electron chi connectivity index (χ0n) is 19.5. The summed E-state index contributed by atoms with van der Waals surface area (Å²) in [5.74, 6) is -0.319. The maximum Gasteiger partial charge on any atom is 0.307 e. The minimum atomic E-state index is -0.902. The van der Waals surface area contributed by atoms with Crippen LogP contribution in [0, 0.1) is 12.3 Å². The molecule has 0 bridgehead atoms. The van der Waals surface area contributed by atoms with Crippen molar-refractivity contribution >= 4 is 22.7 Å². The van der Waals surface area contributed by atoms with Crippen LogP contribution in [0.15, 0.2) is 60.7 Å². The van der Waals surface area contributed by atoms with E-state index in [4.69, 9.17) is 21.0 Å². The number of carboxylic acids is 1. The minimum Gasteiger partial charge on any atom is -0.487 e. The molecule has 1 aromatic heterocycles. The van der Waals surface area contributed by atoms with Gasteiger partial charge in [-0.2, -0.15) is 5.10 Å². The Morgan fingerprint density at radius 3 is 2.59 bits per heavy atom. The third-order valence-electron chi connectivity index (χ3n) is 5.71. The number of amidine groups is 1. The molecule has 0 fully saturated rings. The maximum absolute atomic E-state index is 11.3. The molecule has 3 aromatic carbocycles. The lowest BCUT2D eigenvalue weighted by Crippen LogP contribution is -2.10. The molecule has 0 aliphatic carbocycles. The SMILES string of the molecule is Cc1ccc(CC(=O)O)c(OCc2nn(C(C)C)c3ccc(-c4cccc(C(=N)N)c4)cc23)c1. The van der Waals surface area contributed by atoms with E-state index in [1.54, 1.807) is 6.07 Å². The first-order valence-corrected chi connectivity index (χ1v) is 11.1. The third kappa shape index (κ3) is 4.78. The van der Waals surface area contributed by atoms with Crippen molar-refractivity contribution in [2.45, 2.75) is 39.8 Å². The molecule has 0 aliphatic rings. The number of carbonyl (C=O) groups is 1. The second-order valence-electron chi connectivity index (χ2n) is 8.68. The highest BCUT2D eigenvalue weighted by atomic mass is 16.5. The molecule has 0 spiro atoms. The van der Waals surface area contributed by atoms with Gasteiger partial charge in [0.1, 0.15) is 23.9 Å². The van der Waals surface area contributed by atoms with Crippen LogP contribution in [0.25, 0.3) is 22.0 Å². The van der Waals surface area contributed by atoms with Crippen LogP contribution < -0.4 is 10.5 Å². The number of nitrogens with one attached hydrogen (secondary N) is 1. The normalized spacial score (nSPS) is 11.2. The number of aromatic nitrogens is 2. The third-order valence-corrected chi connectivity index (χ3v) is 5.71. The van der Waals surface area contributed by atoms with E-state index in [-0.39, 0.29) is 24.9 Å². The Morgan fingerprint density at radius 2 is 1.88 bits per heavy atom. The van der Waals surface area contributed by atoms with Gasteiger partial charge in [0.2, 0.25) is 0 Å². The van der Waals surface area contributed by atoms with E-state index in [2.05, 4.69) is 19.9 Å². The summed E-state index contributed by atoms with van der Waals surface area (Å²) >= 11 is 0. The molecule has 4 rings (SSSR count). The fourth-order valence-electron chi connectivity index (χ4n) is 4.00. The van der Waals surface area contributed by atoms with Gasteiger partial charge >= 0.3 is 5.97 Å². The van der Waals surface area contributed by atoms with Crippen LogP contribution in [0.5, 0.6) is 5.75 Å². The van der Waals surface area contributed by atoms with E-state index in [1.165, 1.54) is 0 Å². The number of nitrogen functional groups attached to an aromatic ring is 1. The Morgan fingerprint density at radius 1 is 1.12 bits per heavy atom. The van der Waals surface area contributed by atoms with Crippen molar-refractivity contribution in [3.63, 3.8) is 0 Å². The number of nitrogens with two attached hydrogens (primary N) is 1. The smallest absolute Gasteiger partial charge is 0.307 e. The lowest BCUT2D eigenvalue weighted by atomic mass is 10.0. The number of fused-ring (bicyclic) bond motifs is 1. The van der Waals surface area contributed by atoms with Crippen LogP contribution in [-0.2, 0) is 17.8 Å². The topological polar surface area (TPSA) is 114 Å². The summed E-state index contributed by atoms with van der Waals surface area (Å²) in [5, 5.41) is 22.8. The van der Waals surface area contributed by atoms with Gasteiger partial charge in [-0.3, -0.25) is 14.9 Å². The molecule has 0 saturated carbocycles. The summed E-state index contributed by atoms with van der Waals surface area (Å²) in [6.45, 7) is 6.31. The van der Waals surface area contributed by atoms with Gasteiger partial charge in [-0.1, -0.05) is 36.4 Å². The fourth-order valence-corrected chi connectivity index (χ4v) is 4.00. The Hall–Kier alpha value is -4.13. The van der Waals surface area contributed by atoms with Crippen LogP contribution >= 0.6 is 0 Å². The summed E-state index contributed by atoms with van der Waals surface area (Å²) in [5.41, 5.74) is 11.7. The number of nitrogens with zero attached hydrogens (tertiary/aromatic N) is 2. The van der Waals surface area contributed by atoms with E-state index in [1.807, 2.05) is 60.1 Å². The van der Waals surface area contributed by atoms with Gasteiger partial charge in [-0.15, -0.1) is 0 Å². The number of aryl methyl sites for hydroxylation is 1. The summed E-state index contributed by atoms with van der Waals surface area (Å²) in [4.78, 5) is 11.3. The average molecular weight is 457 g/mol. The van der Waals surface area contributed by atoms with Gasteiger partial charge in [0.05, 0.1) is 11.9 Å². The van der Waals surface area contributed by atoms with E-state index in [0.29, 0.717) is 16.9 Å². The van der Waals surface area contributed by atoms with Crippen LogP contribution in [0.1, 0.15) is 42.3 Å². The zero-order chi connectivity index (χ0) is 24.4. The summed E-state index contributed by atoms with van der Waals surface area (Å²) < 4.78 is 8.09. The first-order chi connectivity index (χ1) is 16.2. The highest BCUT2D eigenvalue weighted by Crippen LogP contribution is 2.30. The average Bonchev–Trinajstić information content (AvgIpc) is 3.17. The van der Waals surface area contributed by atoms with Crippen LogP contribution in [0.4, 0.5) is 0 Å². The first kappa shape index (κ1) is 23.0. The number of hydrogen-bond donors (Lipinski definition) is 3. The Bertz CT molecular complexity index is 1390. The van der Waals surface area contributed by atoms with Crippen molar-refractivity contribution in [3.8, 4) is 16.9 Å². The molecule has 4 N–H and O–H groups in total. The van der Waals surface area contributed by atoms with Crippen LogP contribution in [-0.4, -0.2) is 26.7 Å². The molecule has 0 atom stereocenters. The summed E-state index contributed by atoms with van der Waals surface area (Å²) in [7, 11) is 0. The molecule has 34 heavy (non-hydrogen) atoms. The van der Waals surface area contributed by atoms with E-state index < -0.39 is 5.97 Å². The van der Waals surface area contributed by atoms with Crippen molar-refractivity contribution in [1.29, 1.82) is 5.41 Å². The van der Waals surface area contributed by atoms with Crippen molar-refractivity contribution in [2.24, 2.45) is 5.73 Å². The zero-order valence-corrected chi connectivity index (χ0v) is 19.5. The Balaban J connectivity index is 1.74. The monoisotopic (exact) mass is 456 g/mol. The second-order valence-corrected chi connectivity index (χ2v) is 8.68. The predicted molar refractivity (Wildman–Crippen MR) is 133 cm³/mol. The number of rotatable bonds is 8. The van der Waals surface area contributed by atoms with Gasteiger partial charge in [0.15, 0.2) is 0 Å². The maximum atomic E-state index is 11.3. The van der Waals surface area contributed by atoms with Crippen LogP contribution in [0.3, 0.4) is 0 Å². The fraction of sp³-hybridized carbons (Fsp3) is 0.222. The summed E-state index contributed by atoms with van der Waals surface area (Å²) in [6.07, 6.45) is -0.104. The molecule has 1 heterocycles. The van der Waals surface area contributed by atoms with Gasteiger partial charge in [-0.25, -0.2) is 0 Å². The number of carboxylic acid groups (broad SMARTS) is 1.